The molecule has 2 nitrogen and oxygen atoms in total. The smallest absolute Gasteiger partial charge is 0.131 e. The van der Waals surface area contributed by atoms with Crippen LogP contribution in [0.3, 0.4) is 0 Å². The molecule has 2 aromatic rings. The van der Waals surface area contributed by atoms with Gasteiger partial charge in [0.25, 0.3) is 0 Å². The van der Waals surface area contributed by atoms with E-state index in [1.54, 1.807) is 11.8 Å². The molecule has 0 saturated carbocycles. The lowest BCUT2D eigenvalue weighted by atomic mass is 10.2. The van der Waals surface area contributed by atoms with Crippen molar-refractivity contribution in [1.29, 1.82) is 0 Å². The van der Waals surface area contributed by atoms with Crippen molar-refractivity contribution in [3.05, 3.63) is 58.1 Å². The molecular weight excluding hydrogens is 354 g/mol. The highest BCUT2D eigenvalue weighted by Crippen LogP contribution is 2.29. The molecule has 0 atom stereocenters. The second-order valence-electron chi connectivity index (χ2n) is 4.11. The molecule has 0 aromatic heterocycles. The van der Waals surface area contributed by atoms with E-state index in [1.807, 2.05) is 48.7 Å². The maximum absolute atomic E-state index is 5.87. The van der Waals surface area contributed by atoms with Crippen molar-refractivity contribution in [2.24, 2.45) is 5.73 Å². The highest BCUT2D eigenvalue weighted by molar-refractivity contribution is 9.10. The monoisotopic (exact) mass is 367 g/mol. The summed E-state index contributed by atoms with van der Waals surface area (Å²) in [7, 11) is 0. The van der Waals surface area contributed by atoms with Crippen LogP contribution in [0.1, 0.15) is 11.1 Å². The molecule has 2 rings (SSSR count). The van der Waals surface area contributed by atoms with Gasteiger partial charge in [0.2, 0.25) is 0 Å². The lowest BCUT2D eigenvalue weighted by Crippen LogP contribution is -2.13. The molecule has 0 heterocycles. The number of hydrogen-bond acceptors (Lipinski definition) is 3. The Bertz CT molecular complexity index is 614. The summed E-state index contributed by atoms with van der Waals surface area (Å²) in [6, 6.07) is 13.9. The van der Waals surface area contributed by atoms with Crippen molar-refractivity contribution in [2.75, 3.05) is 6.26 Å². The molecule has 2 N–H and O–H groups in total. The Morgan fingerprint density at radius 3 is 2.55 bits per heavy atom. The summed E-state index contributed by atoms with van der Waals surface area (Å²) in [5, 5.41) is 0. The molecule has 5 heteroatoms. The zero-order valence-corrected chi connectivity index (χ0v) is 14.1. The van der Waals surface area contributed by atoms with Gasteiger partial charge in [-0.15, -0.1) is 11.8 Å². The number of nitrogens with two attached hydrogens (primary N) is 1. The van der Waals surface area contributed by atoms with E-state index in [1.165, 1.54) is 0 Å². The van der Waals surface area contributed by atoms with Crippen molar-refractivity contribution >= 4 is 44.9 Å². The minimum atomic E-state index is 0.362. The van der Waals surface area contributed by atoms with Crippen LogP contribution in [0.25, 0.3) is 0 Å². The first kappa shape index (κ1) is 15.4. The van der Waals surface area contributed by atoms with Gasteiger partial charge in [0.1, 0.15) is 17.3 Å². The Morgan fingerprint density at radius 1 is 1.25 bits per heavy atom. The number of thioether (sulfide) groups is 1. The quantitative estimate of drug-likeness (QED) is 0.627. The first-order chi connectivity index (χ1) is 9.61. The van der Waals surface area contributed by atoms with Gasteiger partial charge < -0.3 is 10.5 Å². The predicted octanol–water partition coefficient (Wildman–Crippen LogP) is 4.38. The third-order valence-corrected chi connectivity index (χ3v) is 4.27. The largest absolute Gasteiger partial charge is 0.488 e. The molecule has 0 saturated heterocycles. The summed E-state index contributed by atoms with van der Waals surface area (Å²) >= 11 is 10.2. The molecule has 0 aliphatic heterocycles. The number of rotatable bonds is 5. The van der Waals surface area contributed by atoms with Crippen LogP contribution < -0.4 is 10.5 Å². The molecule has 0 aliphatic rings. The van der Waals surface area contributed by atoms with Gasteiger partial charge in [0, 0.05) is 9.37 Å². The van der Waals surface area contributed by atoms with Gasteiger partial charge in [0.05, 0.1) is 5.56 Å². The summed E-state index contributed by atoms with van der Waals surface area (Å²) in [5.41, 5.74) is 7.72. The molecule has 0 amide bonds. The number of hydrogen-bond donors (Lipinski definition) is 1. The highest BCUT2D eigenvalue weighted by atomic mass is 79.9. The van der Waals surface area contributed by atoms with Crippen LogP contribution in [0.15, 0.2) is 51.8 Å². The van der Waals surface area contributed by atoms with Gasteiger partial charge >= 0.3 is 0 Å². The summed E-state index contributed by atoms with van der Waals surface area (Å²) in [6.07, 6.45) is 2.00. The van der Waals surface area contributed by atoms with Gasteiger partial charge in [-0.1, -0.05) is 46.3 Å². The van der Waals surface area contributed by atoms with Gasteiger partial charge in [-0.05, 0) is 36.1 Å². The van der Waals surface area contributed by atoms with Crippen molar-refractivity contribution in [3.63, 3.8) is 0 Å². The maximum atomic E-state index is 5.87. The third kappa shape index (κ3) is 3.75. The summed E-state index contributed by atoms with van der Waals surface area (Å²) in [5.74, 6) is 0.729. The van der Waals surface area contributed by atoms with E-state index < -0.39 is 0 Å². The number of halogens is 1. The van der Waals surface area contributed by atoms with Crippen molar-refractivity contribution in [3.8, 4) is 5.75 Å². The SMILES string of the molecule is CSc1cccc(OCc2ccc(Br)cc2)c1C(N)=S. The second kappa shape index (κ2) is 7.11. The minimum Gasteiger partial charge on any atom is -0.488 e. The Hall–Kier alpha value is -1.04. The zero-order chi connectivity index (χ0) is 14.5. The second-order valence-corrected chi connectivity index (χ2v) is 6.32. The molecule has 0 bridgehead atoms. The molecule has 20 heavy (non-hydrogen) atoms. The van der Waals surface area contributed by atoms with Crippen LogP contribution in [0.5, 0.6) is 5.75 Å². The average Bonchev–Trinajstić information content (AvgIpc) is 2.46. The summed E-state index contributed by atoms with van der Waals surface area (Å²) in [4.78, 5) is 1.39. The highest BCUT2D eigenvalue weighted by Gasteiger charge is 2.11. The average molecular weight is 368 g/mol. The fourth-order valence-corrected chi connectivity index (χ4v) is 2.95. The molecule has 2 aromatic carbocycles. The van der Waals surface area contributed by atoms with Crippen molar-refractivity contribution in [2.45, 2.75) is 11.5 Å². The van der Waals surface area contributed by atoms with E-state index in [4.69, 9.17) is 22.7 Å². The van der Waals surface area contributed by atoms with E-state index in [-0.39, 0.29) is 0 Å². The van der Waals surface area contributed by atoms with Gasteiger partial charge in [-0.3, -0.25) is 0 Å². The van der Waals surface area contributed by atoms with Crippen molar-refractivity contribution in [1.82, 2.24) is 0 Å². The van der Waals surface area contributed by atoms with Crippen LogP contribution in [-0.2, 0) is 6.61 Å². The topological polar surface area (TPSA) is 35.2 Å². The summed E-state index contributed by atoms with van der Waals surface area (Å²) in [6.45, 7) is 0.487. The molecule has 0 radical (unpaired) electrons. The zero-order valence-electron chi connectivity index (χ0n) is 10.9. The predicted molar refractivity (Wildman–Crippen MR) is 92.6 cm³/mol. The van der Waals surface area contributed by atoms with E-state index in [0.29, 0.717) is 11.6 Å². The van der Waals surface area contributed by atoms with E-state index in [0.717, 1.165) is 26.2 Å². The van der Waals surface area contributed by atoms with Crippen LogP contribution in [0.4, 0.5) is 0 Å². The minimum absolute atomic E-state index is 0.362. The Kier molecular flexibility index (Phi) is 5.46. The van der Waals surface area contributed by atoms with Gasteiger partial charge in [-0.25, -0.2) is 0 Å². The Balaban J connectivity index is 2.21. The van der Waals surface area contributed by atoms with E-state index >= 15 is 0 Å². The van der Waals surface area contributed by atoms with Gasteiger partial charge in [0.15, 0.2) is 0 Å². The first-order valence-corrected chi connectivity index (χ1v) is 8.38. The molecule has 0 spiro atoms. The third-order valence-electron chi connectivity index (χ3n) is 2.76. The van der Waals surface area contributed by atoms with E-state index in [2.05, 4.69) is 15.9 Å². The Labute approximate surface area is 136 Å². The number of ether oxygens (including phenoxy) is 1. The lowest BCUT2D eigenvalue weighted by Gasteiger charge is -2.13. The molecule has 0 aliphatic carbocycles. The fourth-order valence-electron chi connectivity index (χ4n) is 1.79. The molecule has 0 unspecified atom stereocenters. The maximum Gasteiger partial charge on any atom is 0.131 e. The van der Waals surface area contributed by atoms with Gasteiger partial charge in [-0.2, -0.15) is 0 Å². The lowest BCUT2D eigenvalue weighted by molar-refractivity contribution is 0.305. The van der Waals surface area contributed by atoms with Crippen LogP contribution in [-0.4, -0.2) is 11.2 Å². The van der Waals surface area contributed by atoms with E-state index in [9.17, 15) is 0 Å². The number of thiocarbonyl (C=S) groups is 1. The first-order valence-electron chi connectivity index (χ1n) is 5.96. The molecular formula is C15H14BrNOS2. The van der Waals surface area contributed by atoms with Crippen LogP contribution >= 0.6 is 39.9 Å². The van der Waals surface area contributed by atoms with Crippen molar-refractivity contribution < 1.29 is 4.74 Å². The molecule has 104 valence electrons. The Morgan fingerprint density at radius 2 is 1.95 bits per heavy atom. The number of benzene rings is 2. The standard InChI is InChI=1S/C15H14BrNOS2/c1-20-13-4-2-3-12(14(13)15(17)19)18-9-10-5-7-11(16)8-6-10/h2-8H,9H2,1H3,(H2,17,19). The molecule has 0 fully saturated rings. The fraction of sp³-hybridized carbons (Fsp3) is 0.133. The normalized spacial score (nSPS) is 10.3. The van der Waals surface area contributed by atoms with Crippen LogP contribution in [0, 0.1) is 0 Å². The summed E-state index contributed by atoms with van der Waals surface area (Å²) < 4.78 is 6.92. The van der Waals surface area contributed by atoms with Crippen LogP contribution in [0.2, 0.25) is 0 Å².